The molecular formula is C15H13BrCl2FN. The van der Waals surface area contributed by atoms with Crippen molar-refractivity contribution >= 4 is 39.1 Å². The first-order valence-corrected chi connectivity index (χ1v) is 7.61. The Labute approximate surface area is 136 Å². The van der Waals surface area contributed by atoms with E-state index in [-0.39, 0.29) is 11.9 Å². The van der Waals surface area contributed by atoms with E-state index in [9.17, 15) is 4.39 Å². The molecule has 1 atom stereocenters. The molecule has 0 saturated carbocycles. The van der Waals surface area contributed by atoms with Crippen molar-refractivity contribution in [2.24, 2.45) is 0 Å². The first kappa shape index (κ1) is 15.8. The fourth-order valence-corrected chi connectivity index (χ4v) is 3.13. The lowest BCUT2D eigenvalue weighted by atomic mass is 9.99. The van der Waals surface area contributed by atoms with Crippen molar-refractivity contribution in [1.29, 1.82) is 0 Å². The monoisotopic (exact) mass is 375 g/mol. The van der Waals surface area contributed by atoms with Crippen LogP contribution in [0.4, 0.5) is 4.39 Å². The van der Waals surface area contributed by atoms with Crippen LogP contribution in [0.1, 0.15) is 17.2 Å². The van der Waals surface area contributed by atoms with Gasteiger partial charge in [-0.05, 0) is 54.9 Å². The Kier molecular flexibility index (Phi) is 5.44. The van der Waals surface area contributed by atoms with Gasteiger partial charge in [-0.1, -0.05) is 45.2 Å². The fourth-order valence-electron chi connectivity index (χ4n) is 2.07. The Morgan fingerprint density at radius 2 is 1.80 bits per heavy atom. The highest BCUT2D eigenvalue weighted by molar-refractivity contribution is 9.10. The van der Waals surface area contributed by atoms with E-state index < -0.39 is 0 Å². The number of nitrogens with one attached hydrogen (secondary N) is 1. The van der Waals surface area contributed by atoms with Crippen LogP contribution in [0.3, 0.4) is 0 Å². The highest BCUT2D eigenvalue weighted by Crippen LogP contribution is 2.28. The normalized spacial score (nSPS) is 12.4. The Morgan fingerprint density at radius 3 is 2.35 bits per heavy atom. The van der Waals surface area contributed by atoms with Gasteiger partial charge >= 0.3 is 0 Å². The molecule has 2 rings (SSSR count). The van der Waals surface area contributed by atoms with Crippen LogP contribution in [-0.2, 0) is 6.42 Å². The Hall–Kier alpha value is -0.610. The van der Waals surface area contributed by atoms with E-state index in [2.05, 4.69) is 21.2 Å². The zero-order valence-electron chi connectivity index (χ0n) is 10.8. The first-order chi connectivity index (χ1) is 9.49. The van der Waals surface area contributed by atoms with E-state index >= 15 is 0 Å². The molecule has 0 saturated heterocycles. The molecule has 1 unspecified atom stereocenters. The van der Waals surface area contributed by atoms with E-state index in [4.69, 9.17) is 23.2 Å². The molecule has 1 nitrogen and oxygen atoms in total. The van der Waals surface area contributed by atoms with E-state index in [1.165, 1.54) is 12.1 Å². The predicted octanol–water partition coefficient (Wildman–Crippen LogP) is 5.40. The molecule has 106 valence electrons. The molecule has 0 fully saturated rings. The topological polar surface area (TPSA) is 12.0 Å². The molecule has 2 aromatic rings. The second-order valence-corrected chi connectivity index (χ2v) is 6.21. The average Bonchev–Trinajstić information content (AvgIpc) is 2.36. The summed E-state index contributed by atoms with van der Waals surface area (Å²) < 4.78 is 13.9. The Bertz CT molecular complexity index is 599. The predicted molar refractivity (Wildman–Crippen MR) is 86.1 cm³/mol. The molecule has 2 aromatic carbocycles. The summed E-state index contributed by atoms with van der Waals surface area (Å²) in [4.78, 5) is 0. The van der Waals surface area contributed by atoms with Gasteiger partial charge in [-0.2, -0.15) is 0 Å². The molecule has 0 aromatic heterocycles. The molecule has 0 aliphatic heterocycles. The van der Waals surface area contributed by atoms with Crippen molar-refractivity contribution in [1.82, 2.24) is 5.32 Å². The molecule has 0 aliphatic rings. The lowest BCUT2D eigenvalue weighted by Crippen LogP contribution is -2.19. The van der Waals surface area contributed by atoms with Gasteiger partial charge in [0.2, 0.25) is 0 Å². The van der Waals surface area contributed by atoms with E-state index in [1.54, 1.807) is 12.1 Å². The van der Waals surface area contributed by atoms with Gasteiger partial charge < -0.3 is 5.32 Å². The summed E-state index contributed by atoms with van der Waals surface area (Å²) in [5.41, 5.74) is 2.02. The van der Waals surface area contributed by atoms with Crippen molar-refractivity contribution in [2.75, 3.05) is 7.05 Å². The lowest BCUT2D eigenvalue weighted by molar-refractivity contribution is 0.587. The van der Waals surface area contributed by atoms with Crippen LogP contribution >= 0.6 is 39.1 Å². The lowest BCUT2D eigenvalue weighted by Gasteiger charge is -2.18. The van der Waals surface area contributed by atoms with Crippen molar-refractivity contribution in [3.8, 4) is 0 Å². The van der Waals surface area contributed by atoms with Crippen LogP contribution in [-0.4, -0.2) is 7.05 Å². The number of halogens is 4. The highest BCUT2D eigenvalue weighted by Gasteiger charge is 2.13. The summed E-state index contributed by atoms with van der Waals surface area (Å²) in [6.45, 7) is 0. The van der Waals surface area contributed by atoms with E-state index in [0.29, 0.717) is 16.5 Å². The largest absolute Gasteiger partial charge is 0.313 e. The van der Waals surface area contributed by atoms with Gasteiger partial charge in [0.15, 0.2) is 0 Å². The van der Waals surface area contributed by atoms with E-state index in [0.717, 1.165) is 15.6 Å². The summed E-state index contributed by atoms with van der Waals surface area (Å²) in [5, 5.41) is 4.44. The molecule has 0 bridgehead atoms. The van der Waals surface area contributed by atoms with Crippen LogP contribution in [0, 0.1) is 5.82 Å². The Morgan fingerprint density at radius 1 is 1.15 bits per heavy atom. The standard InChI is InChI=1S/C15H13BrCl2FN/c1-20-15(10-4-11(17)7-12(18)5-10)6-9-2-3-13(19)8-14(9)16/h2-5,7-8,15,20H,6H2,1H3. The molecule has 0 spiro atoms. The van der Waals surface area contributed by atoms with Crippen molar-refractivity contribution in [3.63, 3.8) is 0 Å². The Balaban J connectivity index is 2.28. The average molecular weight is 377 g/mol. The van der Waals surface area contributed by atoms with Crippen molar-refractivity contribution < 1.29 is 4.39 Å². The first-order valence-electron chi connectivity index (χ1n) is 6.07. The highest BCUT2D eigenvalue weighted by atomic mass is 79.9. The van der Waals surface area contributed by atoms with Gasteiger partial charge in [-0.3, -0.25) is 0 Å². The maximum Gasteiger partial charge on any atom is 0.124 e. The fraction of sp³-hybridized carbons (Fsp3) is 0.200. The SMILES string of the molecule is CNC(Cc1ccc(F)cc1Br)c1cc(Cl)cc(Cl)c1. The number of rotatable bonds is 4. The maximum absolute atomic E-state index is 13.1. The minimum absolute atomic E-state index is 0.0490. The number of hydrogen-bond acceptors (Lipinski definition) is 1. The number of likely N-dealkylation sites (N-methyl/N-ethyl adjacent to an activating group) is 1. The molecule has 0 radical (unpaired) electrons. The third-order valence-electron chi connectivity index (χ3n) is 3.07. The smallest absolute Gasteiger partial charge is 0.124 e. The summed E-state index contributed by atoms with van der Waals surface area (Å²) in [7, 11) is 1.87. The van der Waals surface area contributed by atoms with Gasteiger partial charge in [0.05, 0.1) is 0 Å². The molecule has 0 amide bonds. The van der Waals surface area contributed by atoms with E-state index in [1.807, 2.05) is 19.2 Å². The van der Waals surface area contributed by atoms with Crippen LogP contribution in [0.25, 0.3) is 0 Å². The molecule has 0 aliphatic carbocycles. The molecule has 0 heterocycles. The van der Waals surface area contributed by atoms with Gasteiger partial charge in [0.25, 0.3) is 0 Å². The minimum atomic E-state index is -0.257. The molecule has 5 heteroatoms. The molecular weight excluding hydrogens is 364 g/mol. The van der Waals surface area contributed by atoms with Crippen molar-refractivity contribution in [2.45, 2.75) is 12.5 Å². The van der Waals surface area contributed by atoms with Crippen molar-refractivity contribution in [3.05, 3.63) is 67.9 Å². The van der Waals surface area contributed by atoms with Crippen LogP contribution in [0.5, 0.6) is 0 Å². The zero-order valence-corrected chi connectivity index (χ0v) is 13.9. The second kappa shape index (κ2) is 6.90. The maximum atomic E-state index is 13.1. The van der Waals surface area contributed by atoms with Gasteiger partial charge in [0.1, 0.15) is 5.82 Å². The zero-order chi connectivity index (χ0) is 14.7. The summed E-state index contributed by atoms with van der Waals surface area (Å²) in [5.74, 6) is -0.257. The summed E-state index contributed by atoms with van der Waals surface area (Å²) >= 11 is 15.5. The third kappa shape index (κ3) is 3.95. The summed E-state index contributed by atoms with van der Waals surface area (Å²) in [6, 6.07) is 10.2. The summed E-state index contributed by atoms with van der Waals surface area (Å²) in [6.07, 6.45) is 0.702. The minimum Gasteiger partial charge on any atom is -0.313 e. The van der Waals surface area contributed by atoms with Crippen LogP contribution in [0.2, 0.25) is 10.0 Å². The second-order valence-electron chi connectivity index (χ2n) is 4.48. The number of benzene rings is 2. The van der Waals surface area contributed by atoms with Gasteiger partial charge in [-0.25, -0.2) is 4.39 Å². The number of hydrogen-bond donors (Lipinski definition) is 1. The molecule has 20 heavy (non-hydrogen) atoms. The van der Waals surface area contributed by atoms with Gasteiger partial charge in [-0.15, -0.1) is 0 Å². The van der Waals surface area contributed by atoms with Crippen LogP contribution in [0.15, 0.2) is 40.9 Å². The quantitative estimate of drug-likeness (QED) is 0.753. The van der Waals surface area contributed by atoms with Crippen LogP contribution < -0.4 is 5.32 Å². The third-order valence-corrected chi connectivity index (χ3v) is 4.25. The molecule has 1 N–H and O–H groups in total. The van der Waals surface area contributed by atoms with Gasteiger partial charge in [0, 0.05) is 20.6 Å².